The molecule has 0 aromatic heterocycles. The Balaban J connectivity index is 3.01. The maximum atomic E-state index is 5.12. The van der Waals surface area contributed by atoms with Gasteiger partial charge in [-0.15, -0.1) is 0 Å². The van der Waals surface area contributed by atoms with Gasteiger partial charge in [-0.2, -0.15) is 0 Å². The van der Waals surface area contributed by atoms with Crippen molar-refractivity contribution >= 4 is 7.85 Å². The Kier molecular flexibility index (Phi) is 3.03. The second-order valence-electron chi connectivity index (χ2n) is 2.57. The predicted molar refractivity (Wildman–Crippen MR) is 51.8 cm³/mol. The van der Waals surface area contributed by atoms with Crippen molar-refractivity contribution < 1.29 is 9.47 Å². The quantitative estimate of drug-likeness (QED) is 0.616. The molecule has 2 nitrogen and oxygen atoms in total. The third-order valence-electron chi connectivity index (χ3n) is 1.82. The standard InChI is InChI=1S/C9H13BO2/c1-11-8-3-7(6-10)4-9(5-8)12-2/h3-5H,6,10H2,1-2H3. The molecule has 0 unspecified atom stereocenters. The van der Waals surface area contributed by atoms with E-state index in [0.29, 0.717) is 0 Å². The number of rotatable bonds is 3. The number of hydrogen-bond acceptors (Lipinski definition) is 2. The van der Waals surface area contributed by atoms with Gasteiger partial charge in [0.05, 0.1) is 14.2 Å². The first-order valence-corrected chi connectivity index (χ1v) is 4.02. The van der Waals surface area contributed by atoms with E-state index in [0.717, 1.165) is 17.8 Å². The maximum Gasteiger partial charge on any atom is 0.122 e. The average Bonchev–Trinajstić information content (AvgIpc) is 2.16. The second kappa shape index (κ2) is 4.05. The molecule has 12 heavy (non-hydrogen) atoms. The fourth-order valence-electron chi connectivity index (χ4n) is 1.07. The van der Waals surface area contributed by atoms with Gasteiger partial charge in [0, 0.05) is 6.07 Å². The lowest BCUT2D eigenvalue weighted by molar-refractivity contribution is 0.393. The van der Waals surface area contributed by atoms with Crippen LogP contribution in [0.4, 0.5) is 0 Å². The molecule has 1 aromatic carbocycles. The molecular formula is C9H13BO2. The summed E-state index contributed by atoms with van der Waals surface area (Å²) in [6, 6.07) is 5.91. The van der Waals surface area contributed by atoms with Gasteiger partial charge in [-0.3, -0.25) is 0 Å². The molecule has 1 rings (SSSR count). The Bertz CT molecular complexity index is 205. The van der Waals surface area contributed by atoms with Crippen molar-refractivity contribution in [2.24, 2.45) is 0 Å². The van der Waals surface area contributed by atoms with E-state index in [4.69, 9.17) is 9.47 Å². The van der Waals surface area contributed by atoms with Crippen LogP contribution in [0.5, 0.6) is 11.5 Å². The zero-order valence-electron chi connectivity index (χ0n) is 7.76. The van der Waals surface area contributed by atoms with Gasteiger partial charge in [-0.05, 0) is 17.7 Å². The highest BCUT2D eigenvalue weighted by Gasteiger charge is 1.98. The fraction of sp³-hybridized carbons (Fsp3) is 0.333. The normalized spacial score (nSPS) is 9.50. The molecule has 3 heteroatoms. The van der Waals surface area contributed by atoms with Crippen LogP contribution < -0.4 is 9.47 Å². The largest absolute Gasteiger partial charge is 0.497 e. The summed E-state index contributed by atoms with van der Waals surface area (Å²) in [5.41, 5.74) is 1.23. The van der Waals surface area contributed by atoms with Crippen molar-refractivity contribution in [1.29, 1.82) is 0 Å². The van der Waals surface area contributed by atoms with Crippen LogP contribution in [0.25, 0.3) is 0 Å². The molecule has 0 aliphatic carbocycles. The Hall–Kier alpha value is -1.12. The summed E-state index contributed by atoms with van der Waals surface area (Å²) in [7, 11) is 5.43. The monoisotopic (exact) mass is 164 g/mol. The number of benzene rings is 1. The minimum Gasteiger partial charge on any atom is -0.497 e. The molecule has 0 fully saturated rings. The van der Waals surface area contributed by atoms with E-state index in [1.54, 1.807) is 14.2 Å². The third kappa shape index (κ3) is 1.94. The zero-order valence-corrected chi connectivity index (χ0v) is 7.76. The third-order valence-corrected chi connectivity index (χ3v) is 1.82. The number of methoxy groups -OCH3 is 2. The highest BCUT2D eigenvalue weighted by Crippen LogP contribution is 2.21. The summed E-state index contributed by atoms with van der Waals surface area (Å²) in [6.07, 6.45) is 0.994. The molecule has 0 saturated carbocycles. The molecule has 0 heterocycles. The Labute approximate surface area is 73.9 Å². The molecule has 1 aromatic rings. The van der Waals surface area contributed by atoms with Gasteiger partial charge >= 0.3 is 0 Å². The molecular weight excluding hydrogens is 151 g/mol. The van der Waals surface area contributed by atoms with Crippen LogP contribution in [0.2, 0.25) is 0 Å². The lowest BCUT2D eigenvalue weighted by atomic mass is 9.97. The van der Waals surface area contributed by atoms with Gasteiger partial charge in [0.15, 0.2) is 0 Å². The molecule has 0 amide bonds. The first-order chi connectivity index (χ1) is 5.80. The van der Waals surface area contributed by atoms with Crippen LogP contribution >= 0.6 is 0 Å². The minimum absolute atomic E-state index is 0.853. The summed E-state index contributed by atoms with van der Waals surface area (Å²) in [5, 5.41) is 0. The molecule has 64 valence electrons. The highest BCUT2D eigenvalue weighted by atomic mass is 16.5. The van der Waals surface area contributed by atoms with E-state index < -0.39 is 0 Å². The van der Waals surface area contributed by atoms with Crippen LogP contribution in [0.3, 0.4) is 0 Å². The summed E-state index contributed by atoms with van der Waals surface area (Å²) >= 11 is 0. The summed E-state index contributed by atoms with van der Waals surface area (Å²) in [6.45, 7) is 0. The SMILES string of the molecule is BCc1cc(OC)cc(OC)c1. The van der Waals surface area contributed by atoms with Crippen LogP contribution in [-0.4, -0.2) is 22.1 Å². The van der Waals surface area contributed by atoms with Gasteiger partial charge in [0.25, 0.3) is 0 Å². The predicted octanol–water partition coefficient (Wildman–Crippen LogP) is 0.837. The van der Waals surface area contributed by atoms with Crippen molar-refractivity contribution in [3.8, 4) is 11.5 Å². The Morgan fingerprint density at radius 2 is 1.58 bits per heavy atom. The van der Waals surface area contributed by atoms with E-state index in [9.17, 15) is 0 Å². The molecule has 0 saturated heterocycles. The fourth-order valence-corrected chi connectivity index (χ4v) is 1.07. The van der Waals surface area contributed by atoms with Crippen LogP contribution in [0, 0.1) is 0 Å². The molecule has 0 atom stereocenters. The minimum atomic E-state index is 0.853. The van der Waals surface area contributed by atoms with E-state index in [1.165, 1.54) is 5.56 Å². The van der Waals surface area contributed by atoms with Crippen molar-refractivity contribution in [3.05, 3.63) is 23.8 Å². The molecule has 0 radical (unpaired) electrons. The van der Waals surface area contributed by atoms with Crippen molar-refractivity contribution in [1.82, 2.24) is 0 Å². The Morgan fingerprint density at radius 3 is 1.92 bits per heavy atom. The maximum absolute atomic E-state index is 5.12. The number of ether oxygens (including phenoxy) is 2. The van der Waals surface area contributed by atoms with Crippen molar-refractivity contribution in [2.45, 2.75) is 6.32 Å². The molecule has 0 N–H and O–H groups in total. The smallest absolute Gasteiger partial charge is 0.122 e. The highest BCUT2D eigenvalue weighted by molar-refractivity contribution is 6.08. The summed E-state index contributed by atoms with van der Waals surface area (Å²) < 4.78 is 10.2. The van der Waals surface area contributed by atoms with Gasteiger partial charge in [-0.25, -0.2) is 0 Å². The lowest BCUT2D eigenvalue weighted by Crippen LogP contribution is -1.91. The first kappa shape index (κ1) is 8.98. The van der Waals surface area contributed by atoms with Gasteiger partial charge in [0.1, 0.15) is 19.3 Å². The number of hydrogen-bond donors (Lipinski definition) is 0. The molecule has 0 spiro atoms. The van der Waals surface area contributed by atoms with Crippen LogP contribution in [-0.2, 0) is 6.32 Å². The summed E-state index contributed by atoms with van der Waals surface area (Å²) in [5.74, 6) is 1.71. The first-order valence-electron chi connectivity index (χ1n) is 4.02. The van der Waals surface area contributed by atoms with Gasteiger partial charge < -0.3 is 9.47 Å². The van der Waals surface area contributed by atoms with Gasteiger partial charge in [0.2, 0.25) is 0 Å². The van der Waals surface area contributed by atoms with E-state index in [1.807, 2.05) is 18.2 Å². The molecule has 0 aliphatic rings. The van der Waals surface area contributed by atoms with E-state index >= 15 is 0 Å². The van der Waals surface area contributed by atoms with Crippen molar-refractivity contribution in [2.75, 3.05) is 14.2 Å². The van der Waals surface area contributed by atoms with Crippen LogP contribution in [0.1, 0.15) is 5.56 Å². The van der Waals surface area contributed by atoms with Crippen molar-refractivity contribution in [3.63, 3.8) is 0 Å². The summed E-state index contributed by atoms with van der Waals surface area (Å²) in [4.78, 5) is 0. The zero-order chi connectivity index (χ0) is 8.97. The molecule has 0 aliphatic heterocycles. The topological polar surface area (TPSA) is 18.5 Å². The van der Waals surface area contributed by atoms with Crippen LogP contribution in [0.15, 0.2) is 18.2 Å². The Morgan fingerprint density at radius 1 is 1.08 bits per heavy atom. The van der Waals surface area contributed by atoms with E-state index in [-0.39, 0.29) is 0 Å². The van der Waals surface area contributed by atoms with E-state index in [2.05, 4.69) is 7.85 Å². The molecule has 0 bridgehead atoms. The van der Waals surface area contributed by atoms with Gasteiger partial charge in [-0.1, -0.05) is 6.32 Å². The lowest BCUT2D eigenvalue weighted by Gasteiger charge is -2.06. The average molecular weight is 164 g/mol. The second-order valence-corrected chi connectivity index (χ2v) is 2.57.